The zero-order valence-corrected chi connectivity index (χ0v) is 10.4. The fourth-order valence-corrected chi connectivity index (χ4v) is 1.35. The van der Waals surface area contributed by atoms with Crippen LogP contribution in [0.1, 0.15) is 19.8 Å². The summed E-state index contributed by atoms with van der Waals surface area (Å²) in [6, 6.07) is 0. The van der Waals surface area contributed by atoms with Gasteiger partial charge in [-0.25, -0.2) is 0 Å². The lowest BCUT2D eigenvalue weighted by Gasteiger charge is -2.18. The van der Waals surface area contributed by atoms with Crippen molar-refractivity contribution in [2.75, 3.05) is 32.8 Å². The van der Waals surface area contributed by atoms with E-state index in [9.17, 15) is 5.11 Å². The van der Waals surface area contributed by atoms with Gasteiger partial charge in [-0.1, -0.05) is 19.1 Å². The first-order chi connectivity index (χ1) is 7.74. The molecule has 0 aromatic carbocycles. The van der Waals surface area contributed by atoms with Gasteiger partial charge in [-0.2, -0.15) is 0 Å². The van der Waals surface area contributed by atoms with Crippen molar-refractivity contribution < 1.29 is 9.84 Å². The summed E-state index contributed by atoms with van der Waals surface area (Å²) in [5, 5.41) is 9.27. The van der Waals surface area contributed by atoms with Gasteiger partial charge in [0.2, 0.25) is 0 Å². The summed E-state index contributed by atoms with van der Waals surface area (Å²) in [4.78, 5) is 2.25. The van der Waals surface area contributed by atoms with Crippen molar-refractivity contribution in [2.45, 2.75) is 25.9 Å². The minimum Gasteiger partial charge on any atom is -0.391 e. The number of rotatable bonds is 11. The molecule has 0 aliphatic heterocycles. The summed E-state index contributed by atoms with van der Waals surface area (Å²) in [6.45, 7) is 13.3. The third kappa shape index (κ3) is 8.65. The molecule has 0 spiro atoms. The Labute approximate surface area is 99.4 Å². The van der Waals surface area contributed by atoms with E-state index in [1.165, 1.54) is 0 Å². The Morgan fingerprint density at radius 3 is 2.44 bits per heavy atom. The predicted molar refractivity (Wildman–Crippen MR) is 68.6 cm³/mol. The van der Waals surface area contributed by atoms with Crippen LogP contribution in [0.15, 0.2) is 25.3 Å². The number of nitrogens with zero attached hydrogens (tertiary/aromatic N) is 1. The predicted octanol–water partition coefficient (Wildman–Crippen LogP) is 1.84. The molecule has 3 nitrogen and oxygen atoms in total. The number of aliphatic hydroxyl groups is 1. The molecule has 3 heteroatoms. The molecular formula is C13H25NO2. The molecule has 0 rings (SSSR count). The average Bonchev–Trinajstić information content (AvgIpc) is 2.28. The fraction of sp³-hybridized carbons (Fsp3) is 0.692. The van der Waals surface area contributed by atoms with Crippen molar-refractivity contribution in [3.63, 3.8) is 0 Å². The van der Waals surface area contributed by atoms with Crippen molar-refractivity contribution in [2.24, 2.45) is 0 Å². The normalized spacial score (nSPS) is 12.7. The maximum atomic E-state index is 9.27. The molecule has 0 fully saturated rings. The summed E-state index contributed by atoms with van der Waals surface area (Å²) >= 11 is 0. The molecular weight excluding hydrogens is 202 g/mol. The third-order valence-corrected chi connectivity index (χ3v) is 2.32. The van der Waals surface area contributed by atoms with E-state index in [1.807, 2.05) is 19.1 Å². The highest BCUT2D eigenvalue weighted by molar-refractivity contribution is 4.79. The highest BCUT2D eigenvalue weighted by Crippen LogP contribution is 1.95. The van der Waals surface area contributed by atoms with E-state index in [-0.39, 0.29) is 6.10 Å². The molecule has 0 aliphatic carbocycles. The van der Waals surface area contributed by atoms with Gasteiger partial charge < -0.3 is 9.84 Å². The fourth-order valence-electron chi connectivity index (χ4n) is 1.35. The van der Waals surface area contributed by atoms with E-state index in [1.54, 1.807) is 0 Å². The molecule has 0 aromatic rings. The van der Waals surface area contributed by atoms with Gasteiger partial charge in [-0.15, -0.1) is 13.2 Å². The Kier molecular flexibility index (Phi) is 10.4. The molecule has 0 radical (unpaired) electrons. The first-order valence-corrected chi connectivity index (χ1v) is 5.94. The van der Waals surface area contributed by atoms with Crippen molar-refractivity contribution in [3.8, 4) is 0 Å². The highest BCUT2D eigenvalue weighted by Gasteiger charge is 2.02. The van der Waals surface area contributed by atoms with Gasteiger partial charge in [0, 0.05) is 26.2 Å². The van der Waals surface area contributed by atoms with Crippen LogP contribution in [0, 0.1) is 0 Å². The van der Waals surface area contributed by atoms with E-state index in [0.717, 1.165) is 32.5 Å². The summed E-state index contributed by atoms with van der Waals surface area (Å²) in [6.07, 6.45) is 5.19. The van der Waals surface area contributed by atoms with Gasteiger partial charge in [-0.05, 0) is 12.8 Å². The van der Waals surface area contributed by atoms with Crippen LogP contribution in [-0.2, 0) is 4.74 Å². The molecule has 16 heavy (non-hydrogen) atoms. The van der Waals surface area contributed by atoms with Crippen LogP contribution in [0.5, 0.6) is 0 Å². The van der Waals surface area contributed by atoms with E-state index in [4.69, 9.17) is 4.74 Å². The van der Waals surface area contributed by atoms with Gasteiger partial charge in [0.15, 0.2) is 0 Å². The molecule has 0 heterocycles. The first-order valence-electron chi connectivity index (χ1n) is 5.94. The highest BCUT2D eigenvalue weighted by atomic mass is 16.5. The second-order valence-corrected chi connectivity index (χ2v) is 3.83. The number of hydrogen-bond acceptors (Lipinski definition) is 3. The van der Waals surface area contributed by atoms with Gasteiger partial charge in [0.25, 0.3) is 0 Å². The quantitative estimate of drug-likeness (QED) is 0.432. The summed E-state index contributed by atoms with van der Waals surface area (Å²) in [5.41, 5.74) is 0. The van der Waals surface area contributed by atoms with E-state index >= 15 is 0 Å². The van der Waals surface area contributed by atoms with Crippen LogP contribution in [0.25, 0.3) is 0 Å². The first kappa shape index (κ1) is 15.4. The smallest absolute Gasteiger partial charge is 0.0771 e. The average molecular weight is 227 g/mol. The van der Waals surface area contributed by atoms with Crippen molar-refractivity contribution in [1.82, 2.24) is 4.90 Å². The standard InChI is InChI=1S/C13H25NO2/c1-4-8-14(9-5-2)10-7-11-16-12-13(15)6-3/h4-5,13,15H,1-2,6-12H2,3H3. The Hall–Kier alpha value is -0.640. The largest absolute Gasteiger partial charge is 0.391 e. The van der Waals surface area contributed by atoms with Gasteiger partial charge in [0.05, 0.1) is 12.7 Å². The van der Waals surface area contributed by atoms with Crippen LogP contribution in [0.2, 0.25) is 0 Å². The lowest BCUT2D eigenvalue weighted by Crippen LogP contribution is -2.26. The summed E-state index contributed by atoms with van der Waals surface area (Å²) < 4.78 is 5.36. The third-order valence-electron chi connectivity index (χ3n) is 2.32. The molecule has 0 aliphatic rings. The summed E-state index contributed by atoms with van der Waals surface area (Å²) in [7, 11) is 0. The Morgan fingerprint density at radius 2 is 1.94 bits per heavy atom. The molecule has 0 aromatic heterocycles. The van der Waals surface area contributed by atoms with Crippen LogP contribution in [0.3, 0.4) is 0 Å². The molecule has 1 unspecified atom stereocenters. The topological polar surface area (TPSA) is 32.7 Å². The molecule has 1 N–H and O–H groups in total. The Bertz CT molecular complexity index is 173. The van der Waals surface area contributed by atoms with Crippen molar-refractivity contribution >= 4 is 0 Å². The van der Waals surface area contributed by atoms with E-state index < -0.39 is 0 Å². The molecule has 0 saturated heterocycles. The number of ether oxygens (including phenoxy) is 1. The minimum absolute atomic E-state index is 0.322. The van der Waals surface area contributed by atoms with Crippen LogP contribution >= 0.6 is 0 Å². The lowest BCUT2D eigenvalue weighted by molar-refractivity contribution is 0.0319. The van der Waals surface area contributed by atoms with Crippen LogP contribution in [-0.4, -0.2) is 49.0 Å². The zero-order valence-electron chi connectivity index (χ0n) is 10.4. The Morgan fingerprint density at radius 1 is 1.31 bits per heavy atom. The SMILES string of the molecule is C=CCN(CC=C)CCCOCC(O)CC. The van der Waals surface area contributed by atoms with E-state index in [2.05, 4.69) is 18.1 Å². The second-order valence-electron chi connectivity index (χ2n) is 3.83. The summed E-state index contributed by atoms with van der Waals surface area (Å²) in [5.74, 6) is 0. The number of aliphatic hydroxyl groups excluding tert-OH is 1. The zero-order chi connectivity index (χ0) is 12.2. The maximum Gasteiger partial charge on any atom is 0.0771 e. The van der Waals surface area contributed by atoms with Crippen LogP contribution in [0.4, 0.5) is 0 Å². The lowest BCUT2D eigenvalue weighted by atomic mass is 10.3. The Balaban J connectivity index is 3.46. The van der Waals surface area contributed by atoms with E-state index in [0.29, 0.717) is 13.2 Å². The molecule has 1 atom stereocenters. The molecule has 94 valence electrons. The molecule has 0 amide bonds. The van der Waals surface area contributed by atoms with Gasteiger partial charge in [-0.3, -0.25) is 4.90 Å². The molecule has 0 saturated carbocycles. The minimum atomic E-state index is -0.322. The van der Waals surface area contributed by atoms with Crippen molar-refractivity contribution in [1.29, 1.82) is 0 Å². The molecule has 0 bridgehead atoms. The number of hydrogen-bond donors (Lipinski definition) is 1. The van der Waals surface area contributed by atoms with Crippen LogP contribution < -0.4 is 0 Å². The van der Waals surface area contributed by atoms with Gasteiger partial charge >= 0.3 is 0 Å². The monoisotopic (exact) mass is 227 g/mol. The maximum absolute atomic E-state index is 9.27. The second kappa shape index (κ2) is 10.9. The van der Waals surface area contributed by atoms with Gasteiger partial charge in [0.1, 0.15) is 0 Å². The van der Waals surface area contributed by atoms with Crippen molar-refractivity contribution in [3.05, 3.63) is 25.3 Å².